The minimum Gasteiger partial charge on any atom is -0.497 e. The van der Waals surface area contributed by atoms with Crippen molar-refractivity contribution in [1.29, 1.82) is 0 Å². The first kappa shape index (κ1) is 19.6. The highest BCUT2D eigenvalue weighted by Crippen LogP contribution is 2.32. The van der Waals surface area contributed by atoms with E-state index >= 15 is 0 Å². The van der Waals surface area contributed by atoms with Crippen molar-refractivity contribution in [3.63, 3.8) is 0 Å². The van der Waals surface area contributed by atoms with E-state index in [0.717, 1.165) is 16.9 Å². The summed E-state index contributed by atoms with van der Waals surface area (Å²) in [5, 5.41) is 3.24. The van der Waals surface area contributed by atoms with Crippen molar-refractivity contribution in [3.8, 4) is 11.5 Å². The summed E-state index contributed by atoms with van der Waals surface area (Å²) in [6.45, 7) is 1.91. The monoisotopic (exact) mass is 398 g/mol. The fourth-order valence-corrected chi connectivity index (χ4v) is 3.68. The molecule has 0 spiro atoms. The molecule has 0 radical (unpaired) electrons. The highest BCUT2D eigenvalue weighted by atomic mass is 32.2. The molecule has 7 heteroatoms. The Kier molecular flexibility index (Phi) is 5.75. The van der Waals surface area contributed by atoms with Gasteiger partial charge in [-0.05, 0) is 55.5 Å². The standard InChI is InChI=1S/C21H22N2O4S/c1-15-4-11-19(12-5-15)28(24,25)23-17-8-6-16(7-9-17)22-20-14-18(26-2)10-13-21(20)27-3/h4-14,22-23H,1-3H3. The summed E-state index contributed by atoms with van der Waals surface area (Å²) in [5.41, 5.74) is 3.01. The van der Waals surface area contributed by atoms with Gasteiger partial charge < -0.3 is 14.8 Å². The average molecular weight is 398 g/mol. The van der Waals surface area contributed by atoms with Crippen molar-refractivity contribution in [2.45, 2.75) is 11.8 Å². The van der Waals surface area contributed by atoms with Crippen molar-refractivity contribution in [1.82, 2.24) is 0 Å². The van der Waals surface area contributed by atoms with Gasteiger partial charge in [0, 0.05) is 17.4 Å². The van der Waals surface area contributed by atoms with E-state index < -0.39 is 10.0 Å². The summed E-state index contributed by atoms with van der Waals surface area (Å²) >= 11 is 0. The van der Waals surface area contributed by atoms with E-state index in [1.165, 1.54) is 0 Å². The van der Waals surface area contributed by atoms with Crippen LogP contribution in [0.4, 0.5) is 17.1 Å². The number of nitrogens with one attached hydrogen (secondary N) is 2. The maximum atomic E-state index is 12.5. The molecule has 0 aliphatic rings. The zero-order chi connectivity index (χ0) is 20.1. The molecular weight excluding hydrogens is 376 g/mol. The van der Waals surface area contributed by atoms with Crippen LogP contribution < -0.4 is 19.5 Å². The minimum atomic E-state index is -3.63. The van der Waals surface area contributed by atoms with Crippen molar-refractivity contribution in [3.05, 3.63) is 72.3 Å². The van der Waals surface area contributed by atoms with Crippen molar-refractivity contribution in [2.24, 2.45) is 0 Å². The zero-order valence-electron chi connectivity index (χ0n) is 15.9. The molecule has 0 amide bonds. The number of hydrogen-bond acceptors (Lipinski definition) is 5. The van der Waals surface area contributed by atoms with Crippen LogP contribution in [-0.4, -0.2) is 22.6 Å². The Hall–Kier alpha value is -3.19. The molecule has 3 aromatic carbocycles. The lowest BCUT2D eigenvalue weighted by atomic mass is 10.2. The van der Waals surface area contributed by atoms with E-state index in [4.69, 9.17) is 9.47 Å². The van der Waals surface area contributed by atoms with Gasteiger partial charge in [-0.25, -0.2) is 8.42 Å². The Balaban J connectivity index is 1.76. The van der Waals surface area contributed by atoms with Crippen LogP contribution in [0.1, 0.15) is 5.56 Å². The summed E-state index contributed by atoms with van der Waals surface area (Å²) in [5.74, 6) is 1.37. The van der Waals surface area contributed by atoms with E-state index in [1.54, 1.807) is 62.8 Å². The molecule has 0 aliphatic heterocycles. The normalized spacial score (nSPS) is 11.0. The van der Waals surface area contributed by atoms with Gasteiger partial charge in [0.05, 0.1) is 24.8 Å². The third-order valence-electron chi connectivity index (χ3n) is 4.15. The van der Waals surface area contributed by atoms with Crippen molar-refractivity contribution < 1.29 is 17.9 Å². The molecule has 3 aromatic rings. The first-order valence-corrected chi connectivity index (χ1v) is 10.1. The van der Waals surface area contributed by atoms with Crippen LogP contribution >= 0.6 is 0 Å². The summed E-state index contributed by atoms with van der Waals surface area (Å²) < 4.78 is 38.2. The molecule has 3 rings (SSSR count). The van der Waals surface area contributed by atoms with Crippen LogP contribution in [0.5, 0.6) is 11.5 Å². The van der Waals surface area contributed by atoms with Gasteiger partial charge in [0.25, 0.3) is 10.0 Å². The molecule has 2 N–H and O–H groups in total. The van der Waals surface area contributed by atoms with Gasteiger partial charge >= 0.3 is 0 Å². The Morgan fingerprint density at radius 2 is 1.43 bits per heavy atom. The minimum absolute atomic E-state index is 0.224. The van der Waals surface area contributed by atoms with Gasteiger partial charge in [-0.3, -0.25) is 4.72 Å². The lowest BCUT2D eigenvalue weighted by Crippen LogP contribution is -2.12. The Morgan fingerprint density at radius 3 is 2.04 bits per heavy atom. The Bertz CT molecular complexity index is 1050. The number of methoxy groups -OCH3 is 2. The highest BCUT2D eigenvalue weighted by Gasteiger charge is 2.14. The molecule has 0 saturated carbocycles. The zero-order valence-corrected chi connectivity index (χ0v) is 16.7. The van der Waals surface area contributed by atoms with E-state index in [2.05, 4.69) is 10.0 Å². The number of anilines is 3. The van der Waals surface area contributed by atoms with Gasteiger partial charge in [-0.2, -0.15) is 0 Å². The second-order valence-corrected chi connectivity index (χ2v) is 7.87. The molecule has 0 atom stereocenters. The lowest BCUT2D eigenvalue weighted by Gasteiger charge is -2.13. The largest absolute Gasteiger partial charge is 0.497 e. The predicted molar refractivity (Wildman–Crippen MR) is 111 cm³/mol. The number of benzene rings is 3. The molecule has 0 fully saturated rings. The molecular formula is C21H22N2O4S. The Labute approximate surface area is 165 Å². The molecule has 6 nitrogen and oxygen atoms in total. The van der Waals surface area contributed by atoms with Gasteiger partial charge in [0.1, 0.15) is 11.5 Å². The van der Waals surface area contributed by atoms with Crippen LogP contribution in [-0.2, 0) is 10.0 Å². The number of aryl methyl sites for hydroxylation is 1. The molecule has 0 aromatic heterocycles. The number of hydrogen-bond donors (Lipinski definition) is 2. The van der Waals surface area contributed by atoms with E-state index in [-0.39, 0.29) is 4.90 Å². The second-order valence-electron chi connectivity index (χ2n) is 6.19. The van der Waals surface area contributed by atoms with Gasteiger partial charge in [-0.15, -0.1) is 0 Å². The molecule has 28 heavy (non-hydrogen) atoms. The molecule has 0 unspecified atom stereocenters. The smallest absolute Gasteiger partial charge is 0.261 e. The third-order valence-corrected chi connectivity index (χ3v) is 5.55. The van der Waals surface area contributed by atoms with Crippen LogP contribution in [0.25, 0.3) is 0 Å². The summed E-state index contributed by atoms with van der Waals surface area (Å²) in [4.78, 5) is 0.224. The van der Waals surface area contributed by atoms with Crippen molar-refractivity contribution in [2.75, 3.05) is 24.3 Å². The fraction of sp³-hybridized carbons (Fsp3) is 0.143. The SMILES string of the molecule is COc1ccc(OC)c(Nc2ccc(NS(=O)(=O)c3ccc(C)cc3)cc2)c1. The average Bonchev–Trinajstić information content (AvgIpc) is 2.69. The van der Waals surface area contributed by atoms with Crippen molar-refractivity contribution >= 4 is 27.1 Å². The van der Waals surface area contributed by atoms with Crippen LogP contribution in [0.15, 0.2) is 71.6 Å². The molecule has 0 saturated heterocycles. The number of rotatable bonds is 7. The predicted octanol–water partition coefficient (Wildman–Crippen LogP) is 4.56. The second kappa shape index (κ2) is 8.22. The van der Waals surface area contributed by atoms with E-state index in [9.17, 15) is 8.42 Å². The lowest BCUT2D eigenvalue weighted by molar-refractivity contribution is 0.405. The van der Waals surface area contributed by atoms with E-state index in [0.29, 0.717) is 17.2 Å². The molecule has 146 valence electrons. The van der Waals surface area contributed by atoms with Crippen LogP contribution in [0.2, 0.25) is 0 Å². The summed E-state index contributed by atoms with van der Waals surface area (Å²) in [6.07, 6.45) is 0. The Morgan fingerprint density at radius 1 is 0.786 bits per heavy atom. The first-order valence-electron chi connectivity index (χ1n) is 8.60. The molecule has 0 bridgehead atoms. The molecule has 0 heterocycles. The maximum Gasteiger partial charge on any atom is 0.261 e. The molecule has 0 aliphatic carbocycles. The first-order chi connectivity index (χ1) is 13.4. The third kappa shape index (κ3) is 4.55. The van der Waals surface area contributed by atoms with E-state index in [1.807, 2.05) is 25.1 Å². The number of sulfonamides is 1. The van der Waals surface area contributed by atoms with Gasteiger partial charge in [0.2, 0.25) is 0 Å². The van der Waals surface area contributed by atoms with Gasteiger partial charge in [0.15, 0.2) is 0 Å². The topological polar surface area (TPSA) is 76.7 Å². The summed E-state index contributed by atoms with van der Waals surface area (Å²) in [7, 11) is -0.437. The van der Waals surface area contributed by atoms with Crippen LogP contribution in [0, 0.1) is 6.92 Å². The maximum absolute atomic E-state index is 12.5. The fourth-order valence-electron chi connectivity index (χ4n) is 2.62. The summed E-state index contributed by atoms with van der Waals surface area (Å²) in [6, 6.07) is 19.1. The highest BCUT2D eigenvalue weighted by molar-refractivity contribution is 7.92. The quantitative estimate of drug-likeness (QED) is 0.610. The van der Waals surface area contributed by atoms with Gasteiger partial charge in [-0.1, -0.05) is 17.7 Å². The number of ether oxygens (including phenoxy) is 2. The van der Waals surface area contributed by atoms with Crippen LogP contribution in [0.3, 0.4) is 0 Å².